The summed E-state index contributed by atoms with van der Waals surface area (Å²) in [6, 6.07) is 5.42. The van der Waals surface area contributed by atoms with Crippen molar-refractivity contribution in [3.05, 3.63) is 30.2 Å². The number of fused-ring (bicyclic) bond motifs is 1. The molecule has 25 heavy (non-hydrogen) atoms. The number of carbonyl (C=O) groups is 1. The Morgan fingerprint density at radius 2 is 2.24 bits per heavy atom. The number of nitrogens with one attached hydrogen (secondary N) is 1. The van der Waals surface area contributed by atoms with E-state index in [-0.39, 0.29) is 24.4 Å². The third-order valence-corrected chi connectivity index (χ3v) is 4.75. The molecule has 2 N–H and O–H groups in total. The number of benzene rings is 1. The lowest BCUT2D eigenvalue weighted by atomic mass is 9.85. The van der Waals surface area contributed by atoms with Crippen LogP contribution in [0.2, 0.25) is 0 Å². The fourth-order valence-electron chi connectivity index (χ4n) is 3.33. The zero-order valence-corrected chi connectivity index (χ0v) is 14.3. The molecule has 134 valence electrons. The Morgan fingerprint density at radius 3 is 2.88 bits per heavy atom. The van der Waals surface area contributed by atoms with Crippen molar-refractivity contribution >= 4 is 22.6 Å². The average molecular weight is 347 g/mol. The van der Waals surface area contributed by atoms with Gasteiger partial charge < -0.3 is 15.2 Å². The van der Waals surface area contributed by atoms with Crippen LogP contribution < -0.4 is 10.1 Å². The molecular weight excluding hydrogens is 325 g/mol. The van der Waals surface area contributed by atoms with Gasteiger partial charge in [-0.25, -0.2) is 4.39 Å². The summed E-state index contributed by atoms with van der Waals surface area (Å²) < 4.78 is 18.9. The third kappa shape index (κ3) is 3.66. The Kier molecular flexibility index (Phi) is 5.03. The number of aromatic nitrogens is 1. The van der Waals surface area contributed by atoms with Gasteiger partial charge in [-0.05, 0) is 31.5 Å². The molecule has 7 heteroatoms. The summed E-state index contributed by atoms with van der Waals surface area (Å²) in [5, 5.41) is 13.2. The minimum atomic E-state index is -0.799. The van der Waals surface area contributed by atoms with Gasteiger partial charge in [-0.15, -0.1) is 0 Å². The summed E-state index contributed by atoms with van der Waals surface area (Å²) in [5.41, 5.74) is 1.45. The number of hydrogen-bond acceptors (Lipinski definition) is 5. The van der Waals surface area contributed by atoms with E-state index in [0.29, 0.717) is 5.52 Å². The van der Waals surface area contributed by atoms with Crippen LogP contribution >= 0.6 is 0 Å². The van der Waals surface area contributed by atoms with Crippen LogP contribution in [-0.2, 0) is 4.79 Å². The van der Waals surface area contributed by atoms with Gasteiger partial charge in [0.25, 0.3) is 0 Å². The molecule has 0 amide bonds. The first-order valence-corrected chi connectivity index (χ1v) is 8.36. The van der Waals surface area contributed by atoms with E-state index in [0.717, 1.165) is 30.5 Å². The quantitative estimate of drug-likeness (QED) is 0.802. The number of ether oxygens (including phenoxy) is 1. The van der Waals surface area contributed by atoms with Gasteiger partial charge in [0.15, 0.2) is 11.6 Å². The largest absolute Gasteiger partial charge is 0.494 e. The molecule has 0 spiro atoms. The van der Waals surface area contributed by atoms with Crippen molar-refractivity contribution in [2.75, 3.05) is 25.5 Å². The summed E-state index contributed by atoms with van der Waals surface area (Å²) in [6.07, 6.45) is 3.40. The molecule has 6 nitrogen and oxygen atoms in total. The van der Waals surface area contributed by atoms with Crippen LogP contribution in [0.15, 0.2) is 24.4 Å². The van der Waals surface area contributed by atoms with Crippen LogP contribution in [-0.4, -0.2) is 53.2 Å². The van der Waals surface area contributed by atoms with Crippen molar-refractivity contribution in [1.29, 1.82) is 0 Å². The van der Waals surface area contributed by atoms with Gasteiger partial charge in [0.2, 0.25) is 0 Å². The predicted octanol–water partition coefficient (Wildman–Crippen LogP) is 2.73. The number of carboxylic acids is 1. The Bertz CT molecular complexity index is 777. The topological polar surface area (TPSA) is 74.7 Å². The van der Waals surface area contributed by atoms with Crippen LogP contribution in [0.4, 0.5) is 10.1 Å². The molecule has 0 atom stereocenters. The minimum absolute atomic E-state index is 0.0720. The maximum atomic E-state index is 13.8. The van der Waals surface area contributed by atoms with E-state index in [1.807, 2.05) is 17.9 Å². The minimum Gasteiger partial charge on any atom is -0.494 e. The molecule has 0 unspecified atom stereocenters. The van der Waals surface area contributed by atoms with Gasteiger partial charge in [-0.1, -0.05) is 6.92 Å². The van der Waals surface area contributed by atoms with Crippen molar-refractivity contribution in [3.8, 4) is 5.75 Å². The highest BCUT2D eigenvalue weighted by atomic mass is 19.1. The lowest BCUT2D eigenvalue weighted by molar-refractivity contribution is -0.139. The lowest BCUT2D eigenvalue weighted by Crippen LogP contribution is -2.51. The Hall–Kier alpha value is -2.41. The van der Waals surface area contributed by atoms with Gasteiger partial charge in [-0.3, -0.25) is 14.7 Å². The number of anilines is 1. The van der Waals surface area contributed by atoms with E-state index >= 15 is 0 Å². The van der Waals surface area contributed by atoms with E-state index in [4.69, 9.17) is 9.84 Å². The number of methoxy groups -OCH3 is 1. The first-order chi connectivity index (χ1) is 12.0. The fraction of sp³-hybridized carbons (Fsp3) is 0.444. The van der Waals surface area contributed by atoms with E-state index in [2.05, 4.69) is 10.3 Å². The molecule has 0 aliphatic heterocycles. The van der Waals surface area contributed by atoms with E-state index < -0.39 is 11.8 Å². The summed E-state index contributed by atoms with van der Waals surface area (Å²) in [4.78, 5) is 17.1. The second-order valence-corrected chi connectivity index (χ2v) is 6.29. The second-order valence-electron chi connectivity index (χ2n) is 6.29. The fourth-order valence-corrected chi connectivity index (χ4v) is 3.33. The highest BCUT2D eigenvalue weighted by Crippen LogP contribution is 2.33. The number of likely N-dealkylation sites (N-methyl/N-ethyl adjacent to an activating group) is 1. The molecule has 1 heterocycles. The first kappa shape index (κ1) is 17.4. The van der Waals surface area contributed by atoms with Crippen molar-refractivity contribution in [2.45, 2.75) is 31.8 Å². The van der Waals surface area contributed by atoms with Crippen molar-refractivity contribution in [1.82, 2.24) is 9.88 Å². The van der Waals surface area contributed by atoms with Gasteiger partial charge >= 0.3 is 5.97 Å². The molecule has 1 saturated carbocycles. The molecule has 1 aliphatic rings. The monoisotopic (exact) mass is 347 g/mol. The van der Waals surface area contributed by atoms with Crippen LogP contribution in [0.1, 0.15) is 19.8 Å². The number of aliphatic carboxylic acids is 1. The summed E-state index contributed by atoms with van der Waals surface area (Å²) in [6.45, 7) is 2.77. The summed E-state index contributed by atoms with van der Waals surface area (Å²) >= 11 is 0. The molecule has 2 aromatic rings. The number of carboxylic acid groups (broad SMARTS) is 1. The zero-order valence-electron chi connectivity index (χ0n) is 14.3. The smallest absolute Gasteiger partial charge is 0.317 e. The van der Waals surface area contributed by atoms with Crippen LogP contribution in [0.25, 0.3) is 10.9 Å². The van der Waals surface area contributed by atoms with E-state index in [1.165, 1.54) is 13.2 Å². The first-order valence-electron chi connectivity index (χ1n) is 8.36. The number of rotatable bonds is 7. The molecular formula is C18H22FN3O3. The maximum absolute atomic E-state index is 13.8. The Morgan fingerprint density at radius 1 is 1.48 bits per heavy atom. The summed E-state index contributed by atoms with van der Waals surface area (Å²) in [5.74, 6) is -1.04. The van der Waals surface area contributed by atoms with E-state index in [1.54, 1.807) is 12.3 Å². The molecule has 1 aromatic carbocycles. The maximum Gasteiger partial charge on any atom is 0.317 e. The number of nitrogens with zero attached hydrogens (tertiary/aromatic N) is 2. The van der Waals surface area contributed by atoms with Gasteiger partial charge in [0.1, 0.15) is 0 Å². The van der Waals surface area contributed by atoms with Crippen LogP contribution in [0.3, 0.4) is 0 Å². The third-order valence-electron chi connectivity index (χ3n) is 4.75. The van der Waals surface area contributed by atoms with Gasteiger partial charge in [0, 0.05) is 35.4 Å². The molecule has 1 fully saturated rings. The van der Waals surface area contributed by atoms with Crippen molar-refractivity contribution < 1.29 is 19.0 Å². The lowest BCUT2D eigenvalue weighted by Gasteiger charge is -2.42. The standard InChI is InChI=1S/C18H22FN3O3/c1-3-22(10-18(23)24)12-6-11(7-12)21-15-4-5-20-16-9-14(19)17(25-2)8-13(15)16/h4-5,8-9,11-12H,3,6-7,10H2,1-2H3,(H,20,21)(H,23,24). The highest BCUT2D eigenvalue weighted by molar-refractivity contribution is 5.92. The van der Waals surface area contributed by atoms with Gasteiger partial charge in [-0.2, -0.15) is 0 Å². The van der Waals surface area contributed by atoms with E-state index in [9.17, 15) is 9.18 Å². The molecule has 0 radical (unpaired) electrons. The molecule has 1 aromatic heterocycles. The summed E-state index contributed by atoms with van der Waals surface area (Å²) in [7, 11) is 1.44. The second kappa shape index (κ2) is 7.23. The van der Waals surface area contributed by atoms with Gasteiger partial charge in [0.05, 0.1) is 19.2 Å². The predicted molar refractivity (Wildman–Crippen MR) is 93.6 cm³/mol. The average Bonchev–Trinajstić information content (AvgIpc) is 2.55. The number of pyridine rings is 1. The van der Waals surface area contributed by atoms with Crippen LogP contribution in [0.5, 0.6) is 5.75 Å². The molecule has 1 aliphatic carbocycles. The molecule has 0 saturated heterocycles. The van der Waals surface area contributed by atoms with Crippen molar-refractivity contribution in [3.63, 3.8) is 0 Å². The Labute approximate surface area is 145 Å². The number of halogens is 1. The normalized spacial score (nSPS) is 19.7. The van der Waals surface area contributed by atoms with Crippen LogP contribution in [0, 0.1) is 5.82 Å². The van der Waals surface area contributed by atoms with Crippen molar-refractivity contribution in [2.24, 2.45) is 0 Å². The molecule has 3 rings (SSSR count). The highest BCUT2D eigenvalue weighted by Gasteiger charge is 2.34. The zero-order chi connectivity index (χ0) is 18.0. The Balaban J connectivity index is 1.71. The molecule has 0 bridgehead atoms. The number of hydrogen-bond donors (Lipinski definition) is 2. The SMILES string of the molecule is CCN(CC(=O)O)C1CC(Nc2ccnc3cc(F)c(OC)cc23)C1.